The average Bonchev–Trinajstić information content (AvgIpc) is 2.98. The van der Waals surface area contributed by atoms with E-state index in [0.717, 1.165) is 58.8 Å². The van der Waals surface area contributed by atoms with Crippen LogP contribution in [0.25, 0.3) is 0 Å². The van der Waals surface area contributed by atoms with Crippen molar-refractivity contribution in [3.8, 4) is 0 Å². The van der Waals surface area contributed by atoms with E-state index in [-0.39, 0.29) is 11.3 Å². The first kappa shape index (κ1) is 18.2. The molecule has 138 valence electrons. The van der Waals surface area contributed by atoms with Crippen LogP contribution in [0.3, 0.4) is 0 Å². The summed E-state index contributed by atoms with van der Waals surface area (Å²) < 4.78 is 10.7. The van der Waals surface area contributed by atoms with E-state index in [1.165, 1.54) is 0 Å². The maximum absolute atomic E-state index is 12.6. The van der Waals surface area contributed by atoms with Gasteiger partial charge in [0.05, 0.1) is 19.4 Å². The number of ether oxygens (including phenoxy) is 2. The molecule has 7 nitrogen and oxygen atoms in total. The fourth-order valence-corrected chi connectivity index (χ4v) is 4.26. The number of nitrogens with zero attached hydrogens (tertiary/aromatic N) is 4. The molecule has 1 aromatic rings. The summed E-state index contributed by atoms with van der Waals surface area (Å²) in [5.74, 6) is 0.503. The quantitative estimate of drug-likeness (QED) is 0.762. The van der Waals surface area contributed by atoms with Crippen LogP contribution in [0.15, 0.2) is 18.6 Å². The van der Waals surface area contributed by atoms with E-state index in [1.54, 1.807) is 32.8 Å². The monoisotopic (exact) mass is 348 g/mol. The van der Waals surface area contributed by atoms with Gasteiger partial charge in [-0.2, -0.15) is 0 Å². The van der Waals surface area contributed by atoms with E-state index in [4.69, 9.17) is 9.47 Å². The first-order valence-corrected chi connectivity index (χ1v) is 8.94. The minimum atomic E-state index is -0.0134. The van der Waals surface area contributed by atoms with E-state index < -0.39 is 0 Å². The number of aromatic nitrogens is 2. The van der Waals surface area contributed by atoms with Crippen LogP contribution in [0.1, 0.15) is 23.3 Å². The number of piperidine rings is 1. The van der Waals surface area contributed by atoms with Gasteiger partial charge in [-0.25, -0.2) is 4.98 Å². The fraction of sp³-hybridized carbons (Fsp3) is 0.722. The predicted molar refractivity (Wildman–Crippen MR) is 93.3 cm³/mol. The highest BCUT2D eigenvalue weighted by Crippen LogP contribution is 2.44. The van der Waals surface area contributed by atoms with Crippen LogP contribution < -0.4 is 0 Å². The van der Waals surface area contributed by atoms with Crippen molar-refractivity contribution < 1.29 is 14.3 Å². The molecule has 0 saturated carbocycles. The number of likely N-dealkylation sites (tertiary alicyclic amines) is 2. The van der Waals surface area contributed by atoms with Crippen molar-refractivity contribution in [2.75, 3.05) is 60.2 Å². The number of hydrogen-bond donors (Lipinski definition) is 0. The lowest BCUT2D eigenvalue weighted by atomic mass is 9.71. The smallest absolute Gasteiger partial charge is 0.274 e. The van der Waals surface area contributed by atoms with Gasteiger partial charge >= 0.3 is 0 Å². The Morgan fingerprint density at radius 3 is 2.72 bits per heavy atom. The highest BCUT2D eigenvalue weighted by atomic mass is 16.5. The van der Waals surface area contributed by atoms with Gasteiger partial charge in [-0.1, -0.05) is 0 Å². The number of methoxy groups -OCH3 is 2. The third-order valence-corrected chi connectivity index (χ3v) is 5.69. The molecule has 1 amide bonds. The van der Waals surface area contributed by atoms with Gasteiger partial charge in [-0.15, -0.1) is 0 Å². The SMILES string of the molecule is COCCN1CC(COC)C2(CCN(C(=O)c3cnccn3)CC2)C1. The molecule has 2 fully saturated rings. The summed E-state index contributed by atoms with van der Waals surface area (Å²) in [4.78, 5) is 25.1. The molecule has 1 aromatic heterocycles. The van der Waals surface area contributed by atoms with Gasteiger partial charge in [0.15, 0.2) is 0 Å². The van der Waals surface area contributed by atoms with Crippen molar-refractivity contribution in [3.05, 3.63) is 24.3 Å². The van der Waals surface area contributed by atoms with Gasteiger partial charge in [0.2, 0.25) is 0 Å². The summed E-state index contributed by atoms with van der Waals surface area (Å²) in [5, 5.41) is 0. The van der Waals surface area contributed by atoms with Crippen LogP contribution in [0.2, 0.25) is 0 Å². The Morgan fingerprint density at radius 2 is 2.08 bits per heavy atom. The van der Waals surface area contributed by atoms with E-state index >= 15 is 0 Å². The molecule has 1 atom stereocenters. The van der Waals surface area contributed by atoms with Crippen LogP contribution in [0.5, 0.6) is 0 Å². The van der Waals surface area contributed by atoms with Crippen LogP contribution in [-0.2, 0) is 9.47 Å². The van der Waals surface area contributed by atoms with Gasteiger partial charge in [0, 0.05) is 65.3 Å². The van der Waals surface area contributed by atoms with Crippen molar-refractivity contribution in [1.82, 2.24) is 19.8 Å². The lowest BCUT2D eigenvalue weighted by molar-refractivity contribution is 0.0317. The number of rotatable bonds is 6. The largest absolute Gasteiger partial charge is 0.384 e. The molecule has 25 heavy (non-hydrogen) atoms. The molecule has 0 aliphatic carbocycles. The second-order valence-electron chi connectivity index (χ2n) is 7.13. The molecule has 0 N–H and O–H groups in total. The highest BCUT2D eigenvalue weighted by Gasteiger charge is 2.48. The topological polar surface area (TPSA) is 67.8 Å². The summed E-state index contributed by atoms with van der Waals surface area (Å²) in [5.41, 5.74) is 0.670. The molecule has 1 spiro atoms. The number of carbonyl (C=O) groups excluding carboxylic acids is 1. The predicted octanol–water partition coefficient (Wildman–Crippen LogP) is 0.924. The van der Waals surface area contributed by atoms with Gasteiger partial charge in [0.25, 0.3) is 5.91 Å². The molecular weight excluding hydrogens is 320 g/mol. The van der Waals surface area contributed by atoms with E-state index in [0.29, 0.717) is 11.6 Å². The summed E-state index contributed by atoms with van der Waals surface area (Å²) in [6.45, 7) is 6.16. The first-order chi connectivity index (χ1) is 12.2. The second kappa shape index (κ2) is 8.21. The number of amides is 1. The Bertz CT molecular complexity index is 561. The normalized spacial score (nSPS) is 23.3. The minimum absolute atomic E-state index is 0.0134. The fourth-order valence-electron chi connectivity index (χ4n) is 4.26. The van der Waals surface area contributed by atoms with Crippen LogP contribution in [-0.4, -0.2) is 85.8 Å². The van der Waals surface area contributed by atoms with Crippen molar-refractivity contribution >= 4 is 5.91 Å². The van der Waals surface area contributed by atoms with E-state index in [9.17, 15) is 4.79 Å². The Kier molecular flexibility index (Phi) is 5.98. The molecule has 0 aromatic carbocycles. The zero-order chi connectivity index (χ0) is 17.7. The van der Waals surface area contributed by atoms with Gasteiger partial charge in [0.1, 0.15) is 5.69 Å². The molecule has 0 bridgehead atoms. The molecule has 2 aliphatic rings. The Morgan fingerprint density at radius 1 is 1.28 bits per heavy atom. The number of hydrogen-bond acceptors (Lipinski definition) is 6. The molecule has 3 heterocycles. The Labute approximate surface area is 149 Å². The third-order valence-electron chi connectivity index (χ3n) is 5.69. The lowest BCUT2D eigenvalue weighted by Crippen LogP contribution is -2.47. The van der Waals surface area contributed by atoms with E-state index in [2.05, 4.69) is 14.9 Å². The molecule has 2 saturated heterocycles. The summed E-state index contributed by atoms with van der Waals surface area (Å²) in [7, 11) is 3.52. The zero-order valence-corrected chi connectivity index (χ0v) is 15.2. The van der Waals surface area contributed by atoms with Crippen molar-refractivity contribution in [2.24, 2.45) is 11.3 Å². The van der Waals surface area contributed by atoms with Crippen molar-refractivity contribution in [1.29, 1.82) is 0 Å². The Hall–Kier alpha value is -1.57. The molecule has 0 radical (unpaired) electrons. The molecule has 3 rings (SSSR count). The van der Waals surface area contributed by atoms with Gasteiger partial charge in [-0.3, -0.25) is 9.78 Å². The van der Waals surface area contributed by atoms with Crippen LogP contribution in [0, 0.1) is 11.3 Å². The lowest BCUT2D eigenvalue weighted by Gasteiger charge is -2.42. The molecular formula is C18H28N4O3. The highest BCUT2D eigenvalue weighted by molar-refractivity contribution is 5.92. The maximum atomic E-state index is 12.6. The summed E-state index contributed by atoms with van der Waals surface area (Å²) in [6.07, 6.45) is 6.72. The average molecular weight is 348 g/mol. The van der Waals surface area contributed by atoms with Crippen LogP contribution >= 0.6 is 0 Å². The Balaban J connectivity index is 1.63. The van der Waals surface area contributed by atoms with Gasteiger partial charge < -0.3 is 19.3 Å². The second-order valence-corrected chi connectivity index (χ2v) is 7.13. The van der Waals surface area contributed by atoms with Crippen molar-refractivity contribution in [2.45, 2.75) is 12.8 Å². The minimum Gasteiger partial charge on any atom is -0.384 e. The zero-order valence-electron chi connectivity index (χ0n) is 15.2. The first-order valence-electron chi connectivity index (χ1n) is 8.94. The summed E-state index contributed by atoms with van der Waals surface area (Å²) >= 11 is 0. The van der Waals surface area contributed by atoms with Gasteiger partial charge in [-0.05, 0) is 18.3 Å². The van der Waals surface area contributed by atoms with Crippen molar-refractivity contribution in [3.63, 3.8) is 0 Å². The molecule has 2 aliphatic heterocycles. The van der Waals surface area contributed by atoms with Crippen LogP contribution in [0.4, 0.5) is 0 Å². The molecule has 7 heteroatoms. The standard InChI is InChI=1S/C18H28N4O3/c1-24-10-9-21-12-15(13-25-2)18(14-21)3-7-22(8-4-18)17(23)16-11-19-5-6-20-16/h5-6,11,15H,3-4,7-10,12-14H2,1-2H3. The maximum Gasteiger partial charge on any atom is 0.274 e. The molecule has 1 unspecified atom stereocenters. The number of carbonyl (C=O) groups is 1. The summed E-state index contributed by atoms with van der Waals surface area (Å²) in [6, 6.07) is 0. The van der Waals surface area contributed by atoms with E-state index in [1.807, 2.05) is 4.90 Å². The third kappa shape index (κ3) is 3.99.